The number of nitrogens with one attached hydrogen (secondary N) is 1. The van der Waals surface area contributed by atoms with Crippen molar-refractivity contribution in [3.63, 3.8) is 0 Å². The molecule has 1 atom stereocenters. The van der Waals surface area contributed by atoms with Gasteiger partial charge in [0.1, 0.15) is 5.01 Å². The zero-order chi connectivity index (χ0) is 18.3. The number of hydrogen-bond acceptors (Lipinski definition) is 5. The van der Waals surface area contributed by atoms with Crippen LogP contribution in [0.3, 0.4) is 0 Å². The summed E-state index contributed by atoms with van der Waals surface area (Å²) in [5.74, 6) is -0.674. The zero-order valence-electron chi connectivity index (χ0n) is 13.4. The molecule has 0 bridgehead atoms. The van der Waals surface area contributed by atoms with E-state index in [1.165, 1.54) is 17.4 Å². The van der Waals surface area contributed by atoms with E-state index in [0.29, 0.717) is 23.0 Å². The summed E-state index contributed by atoms with van der Waals surface area (Å²) in [5.41, 5.74) is 0. The first-order valence-electron chi connectivity index (χ1n) is 7.86. The molecule has 9 heteroatoms. The molecule has 1 N–H and O–H groups in total. The van der Waals surface area contributed by atoms with E-state index in [4.69, 9.17) is 11.6 Å². The monoisotopic (exact) mass is 407 g/mol. The van der Waals surface area contributed by atoms with Gasteiger partial charge in [0.15, 0.2) is 0 Å². The Kier molecular flexibility index (Phi) is 4.44. The van der Waals surface area contributed by atoms with Gasteiger partial charge in [-0.3, -0.25) is 9.80 Å². The molecular weight excluding hydrogens is 394 g/mol. The van der Waals surface area contributed by atoms with Crippen LogP contribution in [0.25, 0.3) is 10.8 Å². The van der Waals surface area contributed by atoms with Crippen LogP contribution in [0.15, 0.2) is 52.9 Å². The smallest absolute Gasteiger partial charge is 0.257 e. The van der Waals surface area contributed by atoms with Gasteiger partial charge in [0.05, 0.1) is 10.8 Å². The Morgan fingerprint density at radius 2 is 1.96 bits per heavy atom. The molecule has 0 spiro atoms. The summed E-state index contributed by atoms with van der Waals surface area (Å²) in [4.78, 5) is 19.2. The molecule has 1 aliphatic rings. The Labute approximate surface area is 159 Å². The number of rotatable bonds is 4. The number of nitrogens with zero attached hydrogens (tertiary/aromatic N) is 2. The lowest BCUT2D eigenvalue weighted by atomic mass is 10.1. The van der Waals surface area contributed by atoms with Crippen LogP contribution in [-0.4, -0.2) is 30.9 Å². The van der Waals surface area contributed by atoms with Crippen molar-refractivity contribution in [3.8, 4) is 0 Å². The van der Waals surface area contributed by atoms with Crippen molar-refractivity contribution in [3.05, 3.63) is 58.0 Å². The molecule has 1 aliphatic heterocycles. The maximum absolute atomic E-state index is 12.7. The molecule has 0 saturated carbocycles. The average Bonchev–Trinajstić information content (AvgIpc) is 3.25. The summed E-state index contributed by atoms with van der Waals surface area (Å²) in [6.07, 6.45) is 2.17. The van der Waals surface area contributed by atoms with E-state index in [0.717, 1.165) is 15.8 Å². The molecule has 0 unspecified atom stereocenters. The molecule has 1 aromatic heterocycles. The maximum Gasteiger partial charge on any atom is 0.257 e. The summed E-state index contributed by atoms with van der Waals surface area (Å²) < 4.78 is 25.4. The fraction of sp³-hybridized carbons (Fsp3) is 0.176. The van der Waals surface area contributed by atoms with Crippen molar-refractivity contribution in [1.82, 2.24) is 14.8 Å². The number of amides is 1. The number of carbonyl (C=O) groups excluding carboxylic acids is 1. The summed E-state index contributed by atoms with van der Waals surface area (Å²) in [7, 11) is -3.87. The summed E-state index contributed by atoms with van der Waals surface area (Å²) >= 11 is 7.35. The molecular formula is C17H14ClN3O3S2. The van der Waals surface area contributed by atoms with Crippen LogP contribution in [-0.2, 0) is 14.8 Å². The number of hydrazine groups is 1. The van der Waals surface area contributed by atoms with Gasteiger partial charge in [0.2, 0.25) is 5.91 Å². The quantitative estimate of drug-likeness (QED) is 0.720. The van der Waals surface area contributed by atoms with Crippen molar-refractivity contribution in [2.24, 2.45) is 0 Å². The van der Waals surface area contributed by atoms with Crippen molar-refractivity contribution in [2.75, 3.05) is 6.54 Å². The minimum absolute atomic E-state index is 0.0952. The van der Waals surface area contributed by atoms with Crippen LogP contribution in [0.4, 0.5) is 0 Å². The first kappa shape index (κ1) is 17.4. The number of fused-ring (bicyclic) bond motifs is 1. The summed E-state index contributed by atoms with van der Waals surface area (Å²) in [5, 5.41) is 5.86. The van der Waals surface area contributed by atoms with Gasteiger partial charge in [-0.1, -0.05) is 23.7 Å². The van der Waals surface area contributed by atoms with Crippen LogP contribution in [0.5, 0.6) is 0 Å². The summed E-state index contributed by atoms with van der Waals surface area (Å²) in [6, 6.07) is 9.99. The van der Waals surface area contributed by atoms with Gasteiger partial charge in [-0.15, -0.1) is 16.2 Å². The van der Waals surface area contributed by atoms with E-state index >= 15 is 0 Å². The lowest BCUT2D eigenvalue weighted by Gasteiger charge is -2.18. The number of sulfonamides is 1. The zero-order valence-corrected chi connectivity index (χ0v) is 15.8. The van der Waals surface area contributed by atoms with E-state index in [1.807, 2.05) is 0 Å². The van der Waals surface area contributed by atoms with E-state index in [-0.39, 0.29) is 10.8 Å². The minimum Gasteiger partial charge on any atom is -0.273 e. The van der Waals surface area contributed by atoms with Crippen LogP contribution in [0.1, 0.15) is 17.3 Å². The lowest BCUT2D eigenvalue weighted by molar-refractivity contribution is -0.130. The fourth-order valence-corrected chi connectivity index (χ4v) is 5.02. The Hall–Kier alpha value is -2.00. The Bertz CT molecular complexity index is 1080. The van der Waals surface area contributed by atoms with Crippen molar-refractivity contribution >= 4 is 49.6 Å². The van der Waals surface area contributed by atoms with Gasteiger partial charge < -0.3 is 0 Å². The second-order valence-corrected chi connectivity index (χ2v) is 8.97. The van der Waals surface area contributed by atoms with Gasteiger partial charge in [-0.2, -0.15) is 0 Å². The topological polar surface area (TPSA) is 79.4 Å². The summed E-state index contributed by atoms with van der Waals surface area (Å²) in [6.45, 7) is 0.311. The molecule has 1 fully saturated rings. The standard InChI is InChI=1S/C17H14ClN3O3S2/c18-13-3-1-12-10-14(4-2-11(12)9-13)26(23,24)20-21-7-5-15(17(21)22)16-19-6-8-25-16/h1-4,6,8-10,15,20H,5,7H2/t15-/m1/s1. The van der Waals surface area contributed by atoms with Gasteiger partial charge in [0.25, 0.3) is 10.0 Å². The van der Waals surface area contributed by atoms with Crippen LogP contribution < -0.4 is 4.83 Å². The largest absolute Gasteiger partial charge is 0.273 e. The highest BCUT2D eigenvalue weighted by atomic mass is 35.5. The molecule has 26 heavy (non-hydrogen) atoms. The highest BCUT2D eigenvalue weighted by Gasteiger charge is 2.36. The molecule has 3 aromatic rings. The predicted octanol–water partition coefficient (Wildman–Crippen LogP) is 3.16. The third kappa shape index (κ3) is 3.21. The van der Waals surface area contributed by atoms with Gasteiger partial charge in [0, 0.05) is 23.1 Å². The number of halogens is 1. The van der Waals surface area contributed by atoms with Crippen molar-refractivity contribution < 1.29 is 13.2 Å². The number of thiazole rings is 1. The normalized spacial score (nSPS) is 18.0. The SMILES string of the molecule is O=C1[C@@H](c2nccs2)CCN1NS(=O)(=O)c1ccc2cc(Cl)ccc2c1. The van der Waals surface area contributed by atoms with Crippen LogP contribution in [0.2, 0.25) is 5.02 Å². The Morgan fingerprint density at radius 3 is 2.73 bits per heavy atom. The molecule has 0 aliphatic carbocycles. The first-order chi connectivity index (χ1) is 12.4. The maximum atomic E-state index is 12.7. The van der Waals surface area contributed by atoms with E-state index in [2.05, 4.69) is 9.82 Å². The molecule has 0 radical (unpaired) electrons. The molecule has 1 amide bonds. The highest BCUT2D eigenvalue weighted by Crippen LogP contribution is 2.29. The molecule has 2 aromatic carbocycles. The lowest BCUT2D eigenvalue weighted by Crippen LogP contribution is -2.43. The average molecular weight is 408 g/mol. The second kappa shape index (κ2) is 6.62. The number of carbonyl (C=O) groups is 1. The number of aromatic nitrogens is 1. The third-order valence-electron chi connectivity index (χ3n) is 4.27. The molecule has 6 nitrogen and oxygen atoms in total. The molecule has 2 heterocycles. The van der Waals surface area contributed by atoms with E-state index in [1.54, 1.807) is 41.9 Å². The Balaban J connectivity index is 1.58. The second-order valence-electron chi connectivity index (χ2n) is 5.95. The minimum atomic E-state index is -3.87. The van der Waals surface area contributed by atoms with Crippen molar-refractivity contribution in [1.29, 1.82) is 0 Å². The van der Waals surface area contributed by atoms with Gasteiger partial charge in [-0.05, 0) is 41.5 Å². The molecule has 1 saturated heterocycles. The highest BCUT2D eigenvalue weighted by molar-refractivity contribution is 7.89. The van der Waals surface area contributed by atoms with Crippen LogP contribution >= 0.6 is 22.9 Å². The molecule has 4 rings (SSSR count). The van der Waals surface area contributed by atoms with Crippen LogP contribution in [0, 0.1) is 0 Å². The predicted molar refractivity (Wildman–Crippen MR) is 100 cm³/mol. The number of hydrogen-bond donors (Lipinski definition) is 1. The molecule has 134 valence electrons. The Morgan fingerprint density at radius 1 is 1.19 bits per heavy atom. The first-order valence-corrected chi connectivity index (χ1v) is 10.6. The van der Waals surface area contributed by atoms with Gasteiger partial charge >= 0.3 is 0 Å². The number of benzene rings is 2. The third-order valence-corrected chi connectivity index (χ3v) is 6.73. The van der Waals surface area contributed by atoms with Gasteiger partial charge in [-0.25, -0.2) is 13.4 Å². The van der Waals surface area contributed by atoms with Crippen molar-refractivity contribution in [2.45, 2.75) is 17.2 Å². The fourth-order valence-electron chi connectivity index (χ4n) is 2.97. The van der Waals surface area contributed by atoms with E-state index < -0.39 is 15.9 Å². The van der Waals surface area contributed by atoms with E-state index in [9.17, 15) is 13.2 Å².